The molecule has 1 saturated heterocycles. The number of para-hydroxylation sites is 1. The SMILES string of the molecule is NC(CN1CCN(c2nccc3ccc(F)cc23)CC1)c1nc2c(=O)oc3ccccc3c2[nH]1. The number of nitrogens with two attached hydrogens (primary N) is 1. The summed E-state index contributed by atoms with van der Waals surface area (Å²) in [6.45, 7) is 3.67. The van der Waals surface area contributed by atoms with Crippen LogP contribution in [0.3, 0.4) is 0 Å². The molecule has 8 nitrogen and oxygen atoms in total. The average molecular weight is 458 g/mol. The number of imidazole rings is 1. The lowest BCUT2D eigenvalue weighted by molar-refractivity contribution is 0.241. The van der Waals surface area contributed by atoms with Crippen LogP contribution in [0.5, 0.6) is 0 Å². The van der Waals surface area contributed by atoms with Gasteiger partial charge in [-0.1, -0.05) is 18.2 Å². The molecule has 3 N–H and O–H groups in total. The van der Waals surface area contributed by atoms with Crippen molar-refractivity contribution < 1.29 is 8.81 Å². The highest BCUT2D eigenvalue weighted by Gasteiger charge is 2.23. The lowest BCUT2D eigenvalue weighted by atomic mass is 10.1. The van der Waals surface area contributed by atoms with Gasteiger partial charge in [0.2, 0.25) is 0 Å². The Morgan fingerprint density at radius 2 is 1.91 bits per heavy atom. The van der Waals surface area contributed by atoms with Gasteiger partial charge in [-0.3, -0.25) is 4.90 Å². The van der Waals surface area contributed by atoms with Gasteiger partial charge in [-0.2, -0.15) is 0 Å². The summed E-state index contributed by atoms with van der Waals surface area (Å²) in [6.07, 6.45) is 1.76. The number of anilines is 1. The predicted molar refractivity (Wildman–Crippen MR) is 129 cm³/mol. The topological polar surface area (TPSA) is 104 Å². The molecule has 1 fully saturated rings. The number of aromatic amines is 1. The first-order chi connectivity index (χ1) is 16.6. The second kappa shape index (κ2) is 8.19. The summed E-state index contributed by atoms with van der Waals surface area (Å²) in [7, 11) is 0. The maximum atomic E-state index is 13.8. The quantitative estimate of drug-likeness (QED) is 0.399. The van der Waals surface area contributed by atoms with Crippen molar-refractivity contribution in [2.24, 2.45) is 5.73 Å². The summed E-state index contributed by atoms with van der Waals surface area (Å²) in [5.74, 6) is 1.10. The van der Waals surface area contributed by atoms with E-state index in [2.05, 4.69) is 24.8 Å². The van der Waals surface area contributed by atoms with Gasteiger partial charge in [-0.25, -0.2) is 19.2 Å². The van der Waals surface area contributed by atoms with E-state index in [9.17, 15) is 9.18 Å². The normalized spacial score (nSPS) is 16.0. The molecule has 5 aromatic rings. The average Bonchev–Trinajstić information content (AvgIpc) is 3.31. The van der Waals surface area contributed by atoms with Gasteiger partial charge >= 0.3 is 5.63 Å². The van der Waals surface area contributed by atoms with E-state index in [1.54, 1.807) is 24.4 Å². The molecule has 6 rings (SSSR count). The van der Waals surface area contributed by atoms with Crippen LogP contribution in [0.15, 0.2) is 63.9 Å². The van der Waals surface area contributed by atoms with Gasteiger partial charge in [-0.05, 0) is 35.7 Å². The first kappa shape index (κ1) is 20.8. The molecule has 9 heteroatoms. The Labute approximate surface area is 193 Å². The van der Waals surface area contributed by atoms with Crippen LogP contribution < -0.4 is 16.3 Å². The molecule has 0 spiro atoms. The number of H-pyrrole nitrogens is 1. The summed E-state index contributed by atoms with van der Waals surface area (Å²) >= 11 is 0. The molecule has 0 amide bonds. The fourth-order valence-corrected chi connectivity index (χ4v) is 4.70. The van der Waals surface area contributed by atoms with Gasteiger partial charge in [0.25, 0.3) is 0 Å². The zero-order valence-corrected chi connectivity index (χ0v) is 18.4. The molecule has 1 unspecified atom stereocenters. The second-order valence-electron chi connectivity index (χ2n) is 8.63. The minimum absolute atomic E-state index is 0.265. The molecular formula is C25H23FN6O2. The van der Waals surface area contributed by atoms with E-state index in [-0.39, 0.29) is 17.4 Å². The Hall–Kier alpha value is -3.82. The van der Waals surface area contributed by atoms with E-state index in [1.165, 1.54) is 6.07 Å². The number of pyridine rings is 1. The number of benzene rings is 2. The van der Waals surface area contributed by atoms with Gasteiger partial charge in [0, 0.05) is 49.7 Å². The summed E-state index contributed by atoms with van der Waals surface area (Å²) in [4.78, 5) is 29.1. The van der Waals surface area contributed by atoms with E-state index < -0.39 is 5.63 Å². The van der Waals surface area contributed by atoms with Crippen LogP contribution in [0.25, 0.3) is 32.8 Å². The van der Waals surface area contributed by atoms with E-state index in [0.29, 0.717) is 23.5 Å². The zero-order valence-electron chi connectivity index (χ0n) is 18.4. The zero-order chi connectivity index (χ0) is 23.2. The summed E-state index contributed by atoms with van der Waals surface area (Å²) in [5, 5.41) is 2.59. The minimum atomic E-state index is -0.476. The molecule has 4 heterocycles. The van der Waals surface area contributed by atoms with E-state index >= 15 is 0 Å². The largest absolute Gasteiger partial charge is 0.421 e. The molecule has 172 valence electrons. The molecule has 0 aliphatic carbocycles. The number of nitrogens with zero attached hydrogens (tertiary/aromatic N) is 4. The molecule has 1 atom stereocenters. The monoisotopic (exact) mass is 458 g/mol. The molecule has 0 bridgehead atoms. The fraction of sp³-hybridized carbons (Fsp3) is 0.240. The van der Waals surface area contributed by atoms with Crippen LogP contribution in [-0.4, -0.2) is 52.6 Å². The number of piperazine rings is 1. The van der Waals surface area contributed by atoms with Crippen LogP contribution in [0.2, 0.25) is 0 Å². The van der Waals surface area contributed by atoms with Crippen molar-refractivity contribution in [3.8, 4) is 0 Å². The van der Waals surface area contributed by atoms with Gasteiger partial charge in [0.15, 0.2) is 5.52 Å². The minimum Gasteiger partial charge on any atom is -0.421 e. The van der Waals surface area contributed by atoms with Crippen LogP contribution in [0, 0.1) is 5.82 Å². The van der Waals surface area contributed by atoms with Gasteiger partial charge in [0.05, 0.1) is 11.6 Å². The van der Waals surface area contributed by atoms with Crippen molar-refractivity contribution in [2.45, 2.75) is 6.04 Å². The van der Waals surface area contributed by atoms with Crippen LogP contribution in [0.1, 0.15) is 11.9 Å². The Balaban J connectivity index is 1.19. The van der Waals surface area contributed by atoms with Crippen molar-refractivity contribution in [1.82, 2.24) is 19.9 Å². The van der Waals surface area contributed by atoms with Crippen LogP contribution in [-0.2, 0) is 0 Å². The molecule has 0 saturated carbocycles. The van der Waals surface area contributed by atoms with E-state index in [1.807, 2.05) is 24.3 Å². The molecule has 2 aromatic carbocycles. The number of hydrogen-bond acceptors (Lipinski definition) is 7. The van der Waals surface area contributed by atoms with Crippen molar-refractivity contribution in [3.63, 3.8) is 0 Å². The van der Waals surface area contributed by atoms with E-state index in [4.69, 9.17) is 10.2 Å². The molecule has 0 radical (unpaired) electrons. The number of nitrogens with one attached hydrogen (secondary N) is 1. The third-order valence-electron chi connectivity index (χ3n) is 6.46. The van der Waals surface area contributed by atoms with Crippen molar-refractivity contribution in [2.75, 3.05) is 37.6 Å². The van der Waals surface area contributed by atoms with Gasteiger partial charge < -0.3 is 20.0 Å². The maximum Gasteiger partial charge on any atom is 0.364 e. The molecule has 1 aliphatic rings. The molecule has 3 aromatic heterocycles. The maximum absolute atomic E-state index is 13.8. The van der Waals surface area contributed by atoms with Crippen LogP contribution in [0.4, 0.5) is 10.2 Å². The smallest absolute Gasteiger partial charge is 0.364 e. The highest BCUT2D eigenvalue weighted by Crippen LogP contribution is 2.27. The lowest BCUT2D eigenvalue weighted by Gasteiger charge is -2.36. The third-order valence-corrected chi connectivity index (χ3v) is 6.46. The summed E-state index contributed by atoms with van der Waals surface area (Å²) in [5.41, 5.74) is 7.44. The standard InChI is InChI=1S/C25H23FN6O2/c26-16-6-5-15-7-8-28-24(18(15)13-16)32-11-9-31(10-12-32)14-19(27)23-29-21-17-3-1-2-4-20(17)34-25(33)22(21)30-23/h1-8,13,19H,9-12,14,27H2,(H,29,30). The van der Waals surface area contributed by atoms with Gasteiger partial charge in [0.1, 0.15) is 23.0 Å². The highest BCUT2D eigenvalue weighted by molar-refractivity contribution is 6.00. The highest BCUT2D eigenvalue weighted by atomic mass is 19.1. The second-order valence-corrected chi connectivity index (χ2v) is 8.63. The van der Waals surface area contributed by atoms with Gasteiger partial charge in [-0.15, -0.1) is 0 Å². The van der Waals surface area contributed by atoms with E-state index in [0.717, 1.165) is 48.2 Å². The first-order valence-corrected chi connectivity index (χ1v) is 11.3. The Bertz CT molecular complexity index is 1570. The van der Waals surface area contributed by atoms with Crippen molar-refractivity contribution in [3.05, 3.63) is 76.8 Å². The summed E-state index contributed by atoms with van der Waals surface area (Å²) < 4.78 is 19.2. The number of fused-ring (bicyclic) bond motifs is 4. The predicted octanol–water partition coefficient (Wildman–Crippen LogP) is 3.18. The molecule has 34 heavy (non-hydrogen) atoms. The molecular weight excluding hydrogens is 435 g/mol. The van der Waals surface area contributed by atoms with Crippen molar-refractivity contribution in [1.29, 1.82) is 0 Å². The van der Waals surface area contributed by atoms with Crippen molar-refractivity contribution >= 4 is 38.6 Å². The number of aromatic nitrogens is 3. The number of hydrogen-bond donors (Lipinski definition) is 2. The lowest BCUT2D eigenvalue weighted by Crippen LogP contribution is -2.48. The third kappa shape index (κ3) is 3.59. The molecule has 1 aliphatic heterocycles. The number of rotatable bonds is 4. The Morgan fingerprint density at radius 1 is 1.09 bits per heavy atom. The Kier molecular flexibility index (Phi) is 5.00. The fourth-order valence-electron chi connectivity index (χ4n) is 4.70. The summed E-state index contributed by atoms with van der Waals surface area (Å²) in [6, 6.07) is 13.7. The van der Waals surface area contributed by atoms with Crippen LogP contribution >= 0.6 is 0 Å². The Morgan fingerprint density at radius 3 is 2.76 bits per heavy atom. The number of halogens is 1. The first-order valence-electron chi connectivity index (χ1n) is 11.3.